The summed E-state index contributed by atoms with van der Waals surface area (Å²) in [6, 6.07) is 2.26. The van der Waals surface area contributed by atoms with E-state index >= 15 is 0 Å². The molecular weight excluding hydrogens is 240 g/mol. The molecule has 98 valence electrons. The standard InChI is InChI=1S/C13H16N6/c1-9-11(5-16-17-9)12-6-19(18-10(12)2)13(3-4-14)7-15-8-13/h5-6,15H,3,7-8H2,1-2H3,(H,16,17). The van der Waals surface area contributed by atoms with Gasteiger partial charge in [-0.05, 0) is 13.8 Å². The number of aromatic amines is 1. The summed E-state index contributed by atoms with van der Waals surface area (Å²) in [5.41, 5.74) is 3.96. The second-order valence-electron chi connectivity index (χ2n) is 5.14. The number of rotatable bonds is 3. The van der Waals surface area contributed by atoms with E-state index in [0.29, 0.717) is 6.42 Å². The molecule has 1 fully saturated rings. The van der Waals surface area contributed by atoms with Gasteiger partial charge in [0, 0.05) is 36.1 Å². The van der Waals surface area contributed by atoms with E-state index in [-0.39, 0.29) is 5.54 Å². The van der Waals surface area contributed by atoms with Crippen LogP contribution >= 0.6 is 0 Å². The van der Waals surface area contributed by atoms with E-state index in [1.165, 1.54) is 0 Å². The maximum Gasteiger partial charge on any atom is 0.100 e. The highest BCUT2D eigenvalue weighted by Gasteiger charge is 2.40. The van der Waals surface area contributed by atoms with Gasteiger partial charge in [0.15, 0.2) is 0 Å². The van der Waals surface area contributed by atoms with Crippen LogP contribution in [0, 0.1) is 25.2 Å². The van der Waals surface area contributed by atoms with Crippen LogP contribution < -0.4 is 5.32 Å². The van der Waals surface area contributed by atoms with Crippen molar-refractivity contribution < 1.29 is 0 Å². The van der Waals surface area contributed by atoms with Crippen molar-refractivity contribution in [2.45, 2.75) is 25.8 Å². The summed E-state index contributed by atoms with van der Waals surface area (Å²) in [6.45, 7) is 5.58. The molecule has 6 nitrogen and oxygen atoms in total. The van der Waals surface area contributed by atoms with E-state index in [2.05, 4.69) is 26.7 Å². The lowest BCUT2D eigenvalue weighted by molar-refractivity contribution is 0.160. The molecule has 1 saturated heterocycles. The number of hydrogen-bond donors (Lipinski definition) is 2. The summed E-state index contributed by atoms with van der Waals surface area (Å²) in [7, 11) is 0. The molecule has 0 atom stereocenters. The van der Waals surface area contributed by atoms with Gasteiger partial charge in [0.25, 0.3) is 0 Å². The molecule has 0 amide bonds. The predicted octanol–water partition coefficient (Wildman–Crippen LogP) is 1.10. The van der Waals surface area contributed by atoms with Gasteiger partial charge in [-0.1, -0.05) is 0 Å². The second kappa shape index (κ2) is 4.21. The quantitative estimate of drug-likeness (QED) is 0.861. The Balaban J connectivity index is 2.03. The van der Waals surface area contributed by atoms with Gasteiger partial charge in [0.05, 0.1) is 24.4 Å². The monoisotopic (exact) mass is 256 g/mol. The summed E-state index contributed by atoms with van der Waals surface area (Å²) in [4.78, 5) is 0. The van der Waals surface area contributed by atoms with Crippen molar-refractivity contribution in [3.63, 3.8) is 0 Å². The summed E-state index contributed by atoms with van der Waals surface area (Å²) in [6.07, 6.45) is 4.33. The molecule has 0 unspecified atom stereocenters. The lowest BCUT2D eigenvalue weighted by atomic mass is 9.89. The Morgan fingerprint density at radius 3 is 2.74 bits per heavy atom. The van der Waals surface area contributed by atoms with Crippen LogP contribution in [0.15, 0.2) is 12.4 Å². The van der Waals surface area contributed by atoms with Gasteiger partial charge in [0.1, 0.15) is 5.54 Å². The van der Waals surface area contributed by atoms with Crippen molar-refractivity contribution in [3.8, 4) is 17.2 Å². The zero-order chi connectivity index (χ0) is 13.5. The van der Waals surface area contributed by atoms with E-state index in [9.17, 15) is 0 Å². The highest BCUT2D eigenvalue weighted by Crippen LogP contribution is 2.30. The summed E-state index contributed by atoms with van der Waals surface area (Å²) < 4.78 is 1.95. The summed E-state index contributed by atoms with van der Waals surface area (Å²) in [5, 5.41) is 23.8. The molecule has 1 aliphatic rings. The van der Waals surface area contributed by atoms with E-state index in [1.807, 2.05) is 30.9 Å². The zero-order valence-electron chi connectivity index (χ0n) is 11.1. The van der Waals surface area contributed by atoms with Gasteiger partial charge in [-0.25, -0.2) is 0 Å². The molecule has 0 aromatic carbocycles. The highest BCUT2D eigenvalue weighted by molar-refractivity contribution is 5.66. The fourth-order valence-corrected chi connectivity index (χ4v) is 2.52. The summed E-state index contributed by atoms with van der Waals surface area (Å²) in [5.74, 6) is 0. The first kappa shape index (κ1) is 11.9. The van der Waals surface area contributed by atoms with Crippen LogP contribution in [-0.4, -0.2) is 33.1 Å². The Labute approximate surface area is 111 Å². The van der Waals surface area contributed by atoms with Gasteiger partial charge in [0.2, 0.25) is 0 Å². The molecule has 2 N–H and O–H groups in total. The van der Waals surface area contributed by atoms with E-state index in [1.54, 1.807) is 0 Å². The second-order valence-corrected chi connectivity index (χ2v) is 5.14. The maximum atomic E-state index is 9.00. The normalized spacial score (nSPS) is 16.9. The maximum absolute atomic E-state index is 9.00. The molecule has 2 aromatic heterocycles. The molecule has 2 aromatic rings. The van der Waals surface area contributed by atoms with Crippen molar-refractivity contribution in [1.29, 1.82) is 5.26 Å². The van der Waals surface area contributed by atoms with E-state index in [0.717, 1.165) is 35.6 Å². The van der Waals surface area contributed by atoms with Crippen LogP contribution in [0.3, 0.4) is 0 Å². The number of aryl methyl sites for hydroxylation is 2. The van der Waals surface area contributed by atoms with Crippen molar-refractivity contribution in [1.82, 2.24) is 25.3 Å². The van der Waals surface area contributed by atoms with Crippen molar-refractivity contribution >= 4 is 0 Å². The molecule has 3 rings (SSSR count). The predicted molar refractivity (Wildman–Crippen MR) is 70.4 cm³/mol. The molecule has 1 aliphatic heterocycles. The lowest BCUT2D eigenvalue weighted by Gasteiger charge is -2.41. The summed E-state index contributed by atoms with van der Waals surface area (Å²) >= 11 is 0. The van der Waals surface area contributed by atoms with Crippen molar-refractivity contribution in [2.75, 3.05) is 13.1 Å². The van der Waals surface area contributed by atoms with Gasteiger partial charge in [-0.15, -0.1) is 0 Å². The molecule has 0 aliphatic carbocycles. The Morgan fingerprint density at radius 2 is 2.21 bits per heavy atom. The first-order chi connectivity index (χ1) is 9.16. The van der Waals surface area contributed by atoms with Gasteiger partial charge < -0.3 is 5.32 Å². The number of hydrogen-bond acceptors (Lipinski definition) is 4. The Morgan fingerprint density at radius 1 is 1.42 bits per heavy atom. The zero-order valence-corrected chi connectivity index (χ0v) is 11.1. The van der Waals surface area contributed by atoms with Crippen LogP contribution in [0.4, 0.5) is 0 Å². The molecule has 3 heterocycles. The SMILES string of the molecule is Cc1nn(C2(CC#N)CNC2)cc1-c1cn[nH]c1C. The molecule has 6 heteroatoms. The molecule has 0 bridgehead atoms. The minimum atomic E-state index is -0.185. The minimum absolute atomic E-state index is 0.185. The third kappa shape index (κ3) is 1.74. The molecule has 0 spiro atoms. The topological polar surface area (TPSA) is 82.3 Å². The average Bonchev–Trinajstić information content (AvgIpc) is 2.90. The van der Waals surface area contributed by atoms with E-state index in [4.69, 9.17) is 5.26 Å². The minimum Gasteiger partial charge on any atom is -0.312 e. The Bertz CT molecular complexity index is 640. The third-order valence-corrected chi connectivity index (χ3v) is 3.82. The number of aromatic nitrogens is 4. The number of nitrogens with zero attached hydrogens (tertiary/aromatic N) is 4. The number of nitriles is 1. The third-order valence-electron chi connectivity index (χ3n) is 3.82. The van der Waals surface area contributed by atoms with Gasteiger partial charge in [-0.3, -0.25) is 9.78 Å². The van der Waals surface area contributed by atoms with E-state index < -0.39 is 0 Å². The van der Waals surface area contributed by atoms with Crippen LogP contribution in [0.2, 0.25) is 0 Å². The number of nitrogens with one attached hydrogen (secondary N) is 2. The van der Waals surface area contributed by atoms with Crippen LogP contribution in [0.5, 0.6) is 0 Å². The highest BCUT2D eigenvalue weighted by atomic mass is 15.4. The lowest BCUT2D eigenvalue weighted by Crippen LogP contribution is -2.60. The largest absolute Gasteiger partial charge is 0.312 e. The molecule has 19 heavy (non-hydrogen) atoms. The van der Waals surface area contributed by atoms with Crippen molar-refractivity contribution in [3.05, 3.63) is 23.8 Å². The molecule has 0 radical (unpaired) electrons. The van der Waals surface area contributed by atoms with Crippen LogP contribution in [-0.2, 0) is 5.54 Å². The molecule has 0 saturated carbocycles. The van der Waals surface area contributed by atoms with Crippen molar-refractivity contribution in [2.24, 2.45) is 0 Å². The Hall–Kier alpha value is -2.13. The van der Waals surface area contributed by atoms with Gasteiger partial charge in [-0.2, -0.15) is 15.5 Å². The van der Waals surface area contributed by atoms with Crippen LogP contribution in [0.1, 0.15) is 17.8 Å². The van der Waals surface area contributed by atoms with Crippen LogP contribution in [0.25, 0.3) is 11.1 Å². The number of H-pyrrole nitrogens is 1. The Kier molecular flexibility index (Phi) is 2.64. The fraction of sp³-hybridized carbons (Fsp3) is 0.462. The first-order valence-electron chi connectivity index (χ1n) is 6.31. The fourth-order valence-electron chi connectivity index (χ4n) is 2.52. The average molecular weight is 256 g/mol. The smallest absolute Gasteiger partial charge is 0.100 e. The first-order valence-corrected chi connectivity index (χ1v) is 6.31. The molecular formula is C13H16N6. The van der Waals surface area contributed by atoms with Gasteiger partial charge >= 0.3 is 0 Å².